The Hall–Kier alpha value is -1.75. The van der Waals surface area contributed by atoms with Crippen LogP contribution in [0.15, 0.2) is 24.3 Å². The van der Waals surface area contributed by atoms with E-state index in [0.29, 0.717) is 16.8 Å². The van der Waals surface area contributed by atoms with Crippen molar-refractivity contribution >= 4 is 23.4 Å². The standard InChI is InChI=1S/C14H17ClN2O3/c1-9(20-12-6-2-10(15)3-7-12)14(19)16-8-13(18)17-11-4-5-11/h2-3,6-7,9,11H,4-5,8H2,1H3,(H,16,19)(H,17,18). The predicted octanol–water partition coefficient (Wildman–Crippen LogP) is 1.50. The second kappa shape index (κ2) is 6.61. The van der Waals surface area contributed by atoms with Gasteiger partial charge in [0.15, 0.2) is 6.10 Å². The fourth-order valence-electron chi connectivity index (χ4n) is 1.59. The normalized spacial score (nSPS) is 15.3. The molecule has 6 heteroatoms. The van der Waals surface area contributed by atoms with E-state index in [4.69, 9.17) is 16.3 Å². The average molecular weight is 297 g/mol. The molecule has 0 aromatic heterocycles. The minimum absolute atomic E-state index is 0.0242. The van der Waals surface area contributed by atoms with Crippen molar-refractivity contribution in [2.24, 2.45) is 0 Å². The summed E-state index contributed by atoms with van der Waals surface area (Å²) in [6, 6.07) is 7.04. The van der Waals surface area contributed by atoms with Gasteiger partial charge >= 0.3 is 0 Å². The number of carbonyl (C=O) groups is 2. The number of benzene rings is 1. The molecule has 108 valence electrons. The first kappa shape index (κ1) is 14.7. The van der Waals surface area contributed by atoms with Crippen molar-refractivity contribution in [2.75, 3.05) is 6.54 Å². The number of halogens is 1. The quantitative estimate of drug-likeness (QED) is 0.836. The van der Waals surface area contributed by atoms with E-state index in [9.17, 15) is 9.59 Å². The van der Waals surface area contributed by atoms with Gasteiger partial charge in [-0.15, -0.1) is 0 Å². The Balaban J connectivity index is 1.73. The minimum atomic E-state index is -0.676. The molecule has 20 heavy (non-hydrogen) atoms. The second-order valence-electron chi connectivity index (χ2n) is 4.77. The van der Waals surface area contributed by atoms with Gasteiger partial charge in [0.2, 0.25) is 5.91 Å². The Morgan fingerprint density at radius 3 is 2.60 bits per heavy atom. The molecule has 0 heterocycles. The van der Waals surface area contributed by atoms with Gasteiger partial charge in [-0.25, -0.2) is 0 Å². The summed E-state index contributed by atoms with van der Waals surface area (Å²) < 4.78 is 5.45. The Morgan fingerprint density at radius 1 is 1.35 bits per heavy atom. The molecule has 1 aliphatic rings. The SMILES string of the molecule is CC(Oc1ccc(Cl)cc1)C(=O)NCC(=O)NC1CC1. The van der Waals surface area contributed by atoms with Crippen LogP contribution in [0.3, 0.4) is 0 Å². The van der Waals surface area contributed by atoms with Crippen molar-refractivity contribution in [3.05, 3.63) is 29.3 Å². The molecule has 1 aliphatic carbocycles. The zero-order chi connectivity index (χ0) is 14.5. The minimum Gasteiger partial charge on any atom is -0.481 e. The first-order valence-electron chi connectivity index (χ1n) is 6.54. The maximum Gasteiger partial charge on any atom is 0.261 e. The molecule has 2 amide bonds. The van der Waals surface area contributed by atoms with Crippen LogP contribution in [0.1, 0.15) is 19.8 Å². The lowest BCUT2D eigenvalue weighted by molar-refractivity contribution is -0.130. The van der Waals surface area contributed by atoms with Crippen LogP contribution in [0.25, 0.3) is 0 Å². The van der Waals surface area contributed by atoms with Gasteiger partial charge < -0.3 is 15.4 Å². The summed E-state index contributed by atoms with van der Waals surface area (Å²) in [5, 5.41) is 5.94. The maximum absolute atomic E-state index is 11.8. The van der Waals surface area contributed by atoms with Crippen LogP contribution in [0.4, 0.5) is 0 Å². The lowest BCUT2D eigenvalue weighted by Gasteiger charge is -2.14. The molecule has 1 aromatic carbocycles. The highest BCUT2D eigenvalue weighted by atomic mass is 35.5. The maximum atomic E-state index is 11.8. The first-order valence-corrected chi connectivity index (χ1v) is 6.91. The summed E-state index contributed by atoms with van der Waals surface area (Å²) in [4.78, 5) is 23.2. The van der Waals surface area contributed by atoms with Gasteiger partial charge in [-0.1, -0.05) is 11.6 Å². The van der Waals surface area contributed by atoms with Gasteiger partial charge in [0.1, 0.15) is 5.75 Å². The third-order valence-corrected chi connectivity index (χ3v) is 3.11. The van der Waals surface area contributed by atoms with E-state index in [2.05, 4.69) is 10.6 Å². The number of amides is 2. The Bertz CT molecular complexity index is 486. The highest BCUT2D eigenvalue weighted by Crippen LogP contribution is 2.18. The monoisotopic (exact) mass is 296 g/mol. The van der Waals surface area contributed by atoms with Crippen LogP contribution in [0.2, 0.25) is 5.02 Å². The van der Waals surface area contributed by atoms with Crippen LogP contribution in [0.5, 0.6) is 5.75 Å². The van der Waals surface area contributed by atoms with Gasteiger partial charge in [-0.3, -0.25) is 9.59 Å². The summed E-state index contributed by atoms with van der Waals surface area (Å²) in [6.07, 6.45) is 1.37. The van der Waals surface area contributed by atoms with Gasteiger partial charge in [0, 0.05) is 11.1 Å². The molecule has 1 aromatic rings. The largest absolute Gasteiger partial charge is 0.481 e. The summed E-state index contributed by atoms with van der Waals surface area (Å²) >= 11 is 5.76. The van der Waals surface area contributed by atoms with E-state index < -0.39 is 6.10 Å². The zero-order valence-electron chi connectivity index (χ0n) is 11.2. The van der Waals surface area contributed by atoms with Crippen molar-refractivity contribution < 1.29 is 14.3 Å². The van der Waals surface area contributed by atoms with Crippen molar-refractivity contribution in [3.63, 3.8) is 0 Å². The smallest absolute Gasteiger partial charge is 0.261 e. The topological polar surface area (TPSA) is 67.4 Å². The van der Waals surface area contributed by atoms with Gasteiger partial charge in [0.25, 0.3) is 5.91 Å². The molecule has 0 aliphatic heterocycles. The summed E-state index contributed by atoms with van der Waals surface area (Å²) in [5.41, 5.74) is 0. The van der Waals surface area contributed by atoms with Crippen LogP contribution < -0.4 is 15.4 Å². The number of carbonyl (C=O) groups excluding carboxylic acids is 2. The van der Waals surface area contributed by atoms with E-state index >= 15 is 0 Å². The molecule has 0 radical (unpaired) electrons. The Kier molecular flexibility index (Phi) is 4.84. The molecule has 1 fully saturated rings. The van der Waals surface area contributed by atoms with Gasteiger partial charge in [-0.05, 0) is 44.0 Å². The highest BCUT2D eigenvalue weighted by Gasteiger charge is 2.23. The molecule has 0 saturated heterocycles. The molecule has 2 N–H and O–H groups in total. The van der Waals surface area contributed by atoms with Crippen molar-refractivity contribution in [2.45, 2.75) is 31.9 Å². The van der Waals surface area contributed by atoms with E-state index in [0.717, 1.165) is 12.8 Å². The van der Waals surface area contributed by atoms with Crippen LogP contribution in [-0.2, 0) is 9.59 Å². The highest BCUT2D eigenvalue weighted by molar-refractivity contribution is 6.30. The van der Waals surface area contributed by atoms with Crippen molar-refractivity contribution in [3.8, 4) is 5.75 Å². The van der Waals surface area contributed by atoms with Gasteiger partial charge in [-0.2, -0.15) is 0 Å². The zero-order valence-corrected chi connectivity index (χ0v) is 11.9. The Morgan fingerprint density at radius 2 is 2.00 bits per heavy atom. The number of nitrogens with one attached hydrogen (secondary N) is 2. The molecule has 0 bridgehead atoms. The summed E-state index contributed by atoms with van der Waals surface area (Å²) in [6.45, 7) is 1.60. The molecule has 5 nitrogen and oxygen atoms in total. The lowest BCUT2D eigenvalue weighted by Crippen LogP contribution is -2.42. The van der Waals surface area contributed by atoms with E-state index in [1.807, 2.05) is 0 Å². The Labute approximate surface area is 122 Å². The molecule has 0 spiro atoms. The summed E-state index contributed by atoms with van der Waals surface area (Å²) in [5.74, 6) is 0.0601. The van der Waals surface area contributed by atoms with E-state index in [1.54, 1.807) is 31.2 Å². The molecule has 1 atom stereocenters. The number of rotatable bonds is 6. The third-order valence-electron chi connectivity index (χ3n) is 2.86. The van der Waals surface area contributed by atoms with Crippen molar-refractivity contribution in [1.29, 1.82) is 0 Å². The fourth-order valence-corrected chi connectivity index (χ4v) is 1.71. The van der Waals surface area contributed by atoms with E-state index in [-0.39, 0.29) is 18.4 Å². The van der Waals surface area contributed by atoms with Crippen LogP contribution >= 0.6 is 11.6 Å². The first-order chi connectivity index (χ1) is 9.54. The third kappa shape index (κ3) is 4.74. The molecule has 1 unspecified atom stereocenters. The summed E-state index contributed by atoms with van der Waals surface area (Å²) in [7, 11) is 0. The van der Waals surface area contributed by atoms with Crippen molar-refractivity contribution in [1.82, 2.24) is 10.6 Å². The molecule has 2 rings (SSSR count). The van der Waals surface area contributed by atoms with Gasteiger partial charge in [0.05, 0.1) is 6.54 Å². The second-order valence-corrected chi connectivity index (χ2v) is 5.21. The predicted molar refractivity (Wildman–Crippen MR) is 75.7 cm³/mol. The average Bonchev–Trinajstić information content (AvgIpc) is 3.22. The van der Waals surface area contributed by atoms with E-state index in [1.165, 1.54) is 0 Å². The molecule has 1 saturated carbocycles. The van der Waals surface area contributed by atoms with Crippen LogP contribution in [-0.4, -0.2) is 30.5 Å². The number of ether oxygens (including phenoxy) is 1. The lowest BCUT2D eigenvalue weighted by atomic mass is 10.3. The number of hydrogen-bond donors (Lipinski definition) is 2. The molecular weight excluding hydrogens is 280 g/mol. The number of hydrogen-bond acceptors (Lipinski definition) is 3. The fraction of sp³-hybridized carbons (Fsp3) is 0.429. The molecular formula is C14H17ClN2O3. The van der Waals surface area contributed by atoms with Crippen LogP contribution in [0, 0.1) is 0 Å².